The Morgan fingerprint density at radius 3 is 2.39 bits per heavy atom. The third kappa shape index (κ3) is 5.70. The van der Waals surface area contributed by atoms with Gasteiger partial charge >= 0.3 is 0 Å². The number of anilines is 2. The maximum Gasteiger partial charge on any atom is 0.247 e. The Bertz CT molecular complexity index is 1320. The van der Waals surface area contributed by atoms with Gasteiger partial charge in [-0.25, -0.2) is 4.98 Å². The van der Waals surface area contributed by atoms with E-state index in [0.29, 0.717) is 29.9 Å². The number of hydrogen-bond acceptors (Lipinski definition) is 8. The number of pyridine rings is 2. The number of nitrogens with zero attached hydrogens (tertiary/aromatic N) is 5. The van der Waals surface area contributed by atoms with Gasteiger partial charge in [-0.1, -0.05) is 12.8 Å². The smallest absolute Gasteiger partial charge is 0.247 e. The van der Waals surface area contributed by atoms with Crippen LogP contribution in [0.2, 0.25) is 0 Å². The summed E-state index contributed by atoms with van der Waals surface area (Å²) in [6, 6.07) is 18.1. The second-order valence-electron chi connectivity index (χ2n) is 10.4. The molecule has 8 nitrogen and oxygen atoms in total. The largest absolute Gasteiger partial charge is 0.421 e. The van der Waals surface area contributed by atoms with Gasteiger partial charge in [0.15, 0.2) is 0 Å². The number of rotatable bonds is 7. The standard InChI is InChI=1S/C30H35N7O/c1-21-35-36-30(38-21)23-8-10-26(11-9-23)37-18-4-5-25(20-37)33-27-6-2-3-7-28(27)34-29-19-24(14-17-32-29)22-12-15-31-16-13-22/h8-17,19,25,27-28,33H,2-7,18,20H2,1H3,(H,32,34)/t25?,27-,28-/m1/s1. The molecule has 1 aliphatic heterocycles. The average Bonchev–Trinajstić information content (AvgIpc) is 3.41. The van der Waals surface area contributed by atoms with Crippen molar-refractivity contribution in [3.63, 3.8) is 0 Å². The van der Waals surface area contributed by atoms with Crippen molar-refractivity contribution in [1.82, 2.24) is 25.5 Å². The molecule has 4 aromatic rings. The molecule has 1 aromatic carbocycles. The van der Waals surface area contributed by atoms with Crippen LogP contribution in [0.1, 0.15) is 44.4 Å². The summed E-state index contributed by atoms with van der Waals surface area (Å²) < 4.78 is 5.58. The first kappa shape index (κ1) is 24.6. The summed E-state index contributed by atoms with van der Waals surface area (Å²) in [5.74, 6) is 2.10. The van der Waals surface area contributed by atoms with Crippen molar-refractivity contribution in [2.45, 2.75) is 63.6 Å². The fourth-order valence-corrected chi connectivity index (χ4v) is 5.80. The Hall–Kier alpha value is -3.78. The fourth-order valence-electron chi connectivity index (χ4n) is 5.80. The van der Waals surface area contributed by atoms with Gasteiger partial charge in [0.2, 0.25) is 11.8 Å². The van der Waals surface area contributed by atoms with Crippen LogP contribution in [0.5, 0.6) is 0 Å². The Kier molecular flexibility index (Phi) is 7.31. The topological polar surface area (TPSA) is 92.0 Å². The molecule has 0 radical (unpaired) electrons. The van der Waals surface area contributed by atoms with Crippen molar-refractivity contribution in [2.75, 3.05) is 23.3 Å². The van der Waals surface area contributed by atoms with Gasteiger partial charge in [-0.2, -0.15) is 0 Å². The second kappa shape index (κ2) is 11.3. The number of piperidine rings is 1. The van der Waals surface area contributed by atoms with Crippen LogP contribution < -0.4 is 15.5 Å². The van der Waals surface area contributed by atoms with Gasteiger partial charge in [-0.05, 0) is 85.3 Å². The summed E-state index contributed by atoms with van der Waals surface area (Å²) in [4.78, 5) is 11.3. The monoisotopic (exact) mass is 509 g/mol. The molecule has 1 aliphatic carbocycles. The summed E-state index contributed by atoms with van der Waals surface area (Å²) in [6.45, 7) is 3.90. The molecule has 6 rings (SSSR count). The first-order valence-corrected chi connectivity index (χ1v) is 13.8. The molecule has 3 atom stereocenters. The van der Waals surface area contributed by atoms with Crippen molar-refractivity contribution in [3.8, 4) is 22.6 Å². The highest BCUT2D eigenvalue weighted by molar-refractivity contribution is 5.65. The Labute approximate surface area is 223 Å². The molecule has 2 N–H and O–H groups in total. The number of hydrogen-bond donors (Lipinski definition) is 2. The van der Waals surface area contributed by atoms with Gasteiger partial charge in [-0.3, -0.25) is 4.98 Å². The van der Waals surface area contributed by atoms with Gasteiger partial charge in [0, 0.05) is 68.0 Å². The third-order valence-corrected chi connectivity index (χ3v) is 7.75. The minimum atomic E-state index is 0.372. The van der Waals surface area contributed by atoms with Gasteiger partial charge in [-0.15, -0.1) is 10.2 Å². The van der Waals surface area contributed by atoms with Crippen LogP contribution >= 0.6 is 0 Å². The summed E-state index contributed by atoms with van der Waals surface area (Å²) in [5.41, 5.74) is 4.52. The molecule has 4 heterocycles. The molecule has 0 amide bonds. The fraction of sp³-hybridized carbons (Fsp3) is 0.400. The SMILES string of the molecule is Cc1nnc(-c2ccc(N3CCCC(N[C@@H]4CCCC[C@H]4Nc4cc(-c5ccncc5)ccn4)C3)cc2)o1. The van der Waals surface area contributed by atoms with Crippen molar-refractivity contribution < 1.29 is 4.42 Å². The number of nitrogens with one attached hydrogen (secondary N) is 2. The lowest BCUT2D eigenvalue weighted by Crippen LogP contribution is -2.54. The molecule has 1 unspecified atom stereocenters. The van der Waals surface area contributed by atoms with Crippen LogP contribution in [0.3, 0.4) is 0 Å². The highest BCUT2D eigenvalue weighted by atomic mass is 16.4. The molecule has 1 saturated heterocycles. The summed E-state index contributed by atoms with van der Waals surface area (Å²) in [5, 5.41) is 15.9. The van der Waals surface area contributed by atoms with E-state index in [1.54, 1.807) is 0 Å². The first-order chi connectivity index (χ1) is 18.7. The molecule has 0 spiro atoms. The van der Waals surface area contributed by atoms with Crippen LogP contribution in [0.25, 0.3) is 22.6 Å². The summed E-state index contributed by atoms with van der Waals surface area (Å²) >= 11 is 0. The average molecular weight is 510 g/mol. The van der Waals surface area contributed by atoms with Crippen molar-refractivity contribution >= 4 is 11.5 Å². The highest BCUT2D eigenvalue weighted by Crippen LogP contribution is 2.28. The lowest BCUT2D eigenvalue weighted by atomic mass is 9.89. The van der Waals surface area contributed by atoms with Crippen LogP contribution in [0, 0.1) is 6.92 Å². The molecule has 38 heavy (non-hydrogen) atoms. The van der Waals surface area contributed by atoms with Crippen molar-refractivity contribution in [3.05, 3.63) is 73.0 Å². The van der Waals surface area contributed by atoms with Gasteiger partial charge in [0.25, 0.3) is 0 Å². The zero-order chi connectivity index (χ0) is 25.7. The van der Waals surface area contributed by atoms with Crippen LogP contribution in [-0.4, -0.2) is 51.4 Å². The second-order valence-corrected chi connectivity index (χ2v) is 10.4. The van der Waals surface area contributed by atoms with E-state index in [1.165, 1.54) is 37.8 Å². The minimum Gasteiger partial charge on any atom is -0.421 e. The number of benzene rings is 1. The molecule has 3 aromatic heterocycles. The van der Waals surface area contributed by atoms with E-state index < -0.39 is 0 Å². The van der Waals surface area contributed by atoms with Gasteiger partial charge in [0.1, 0.15) is 5.82 Å². The Morgan fingerprint density at radius 2 is 1.61 bits per heavy atom. The van der Waals surface area contributed by atoms with E-state index >= 15 is 0 Å². The zero-order valence-electron chi connectivity index (χ0n) is 21.9. The summed E-state index contributed by atoms with van der Waals surface area (Å²) in [6.07, 6.45) is 12.8. The maximum absolute atomic E-state index is 5.58. The molecular formula is C30H35N7O. The lowest BCUT2D eigenvalue weighted by Gasteiger charge is -2.40. The van der Waals surface area contributed by atoms with Crippen molar-refractivity contribution in [1.29, 1.82) is 0 Å². The normalized spacial score (nSPS) is 21.8. The van der Waals surface area contributed by atoms with Gasteiger partial charge < -0.3 is 20.0 Å². The lowest BCUT2D eigenvalue weighted by molar-refractivity contribution is 0.293. The minimum absolute atomic E-state index is 0.372. The molecule has 0 bridgehead atoms. The zero-order valence-corrected chi connectivity index (χ0v) is 21.9. The van der Waals surface area contributed by atoms with E-state index in [2.05, 4.69) is 72.1 Å². The van der Waals surface area contributed by atoms with E-state index in [1.807, 2.05) is 37.6 Å². The molecule has 1 saturated carbocycles. The van der Waals surface area contributed by atoms with Crippen LogP contribution in [0.15, 0.2) is 71.5 Å². The molecule has 196 valence electrons. The maximum atomic E-state index is 5.58. The quantitative estimate of drug-likeness (QED) is 0.338. The molecular weight excluding hydrogens is 474 g/mol. The molecule has 2 aliphatic rings. The Morgan fingerprint density at radius 1 is 0.816 bits per heavy atom. The highest BCUT2D eigenvalue weighted by Gasteiger charge is 2.29. The Balaban J connectivity index is 1.10. The predicted octanol–water partition coefficient (Wildman–Crippen LogP) is 5.48. The first-order valence-electron chi connectivity index (χ1n) is 13.8. The van der Waals surface area contributed by atoms with Crippen LogP contribution in [-0.2, 0) is 0 Å². The van der Waals surface area contributed by atoms with Crippen molar-refractivity contribution in [2.24, 2.45) is 0 Å². The van der Waals surface area contributed by atoms with E-state index in [4.69, 9.17) is 4.42 Å². The predicted molar refractivity (Wildman–Crippen MR) is 150 cm³/mol. The molecule has 8 heteroatoms. The van der Waals surface area contributed by atoms with E-state index in [9.17, 15) is 0 Å². The third-order valence-electron chi connectivity index (χ3n) is 7.75. The van der Waals surface area contributed by atoms with Gasteiger partial charge in [0.05, 0.1) is 0 Å². The molecule has 2 fully saturated rings. The van der Waals surface area contributed by atoms with E-state index in [0.717, 1.165) is 42.0 Å². The number of aromatic nitrogens is 4. The number of aryl methyl sites for hydroxylation is 1. The summed E-state index contributed by atoms with van der Waals surface area (Å²) in [7, 11) is 0. The van der Waals surface area contributed by atoms with E-state index in [-0.39, 0.29) is 0 Å². The van der Waals surface area contributed by atoms with Crippen LogP contribution in [0.4, 0.5) is 11.5 Å².